The molecule has 0 unspecified atom stereocenters. The van der Waals surface area contributed by atoms with Crippen molar-refractivity contribution in [2.45, 2.75) is 194 Å². The highest BCUT2D eigenvalue weighted by atomic mass is 32.3. The molecular weight excluding hydrogens is 584 g/mol. The second-order valence-electron chi connectivity index (χ2n) is 12.5. The zero-order valence-electron chi connectivity index (χ0n) is 29.9. The van der Waals surface area contributed by atoms with Crippen LogP contribution in [0.15, 0.2) is 24.3 Å². The van der Waals surface area contributed by atoms with Gasteiger partial charge in [0, 0.05) is 13.2 Å². The largest absolute Gasteiger partial charge is 0.397 e. The van der Waals surface area contributed by atoms with Gasteiger partial charge in [-0.1, -0.05) is 154 Å². The molecule has 0 aliphatic heterocycles. The summed E-state index contributed by atoms with van der Waals surface area (Å²) < 4.78 is 36.5. The Morgan fingerprint density at radius 1 is 0.444 bits per heavy atom. The normalized spacial score (nSPS) is 11.9. The van der Waals surface area contributed by atoms with Crippen molar-refractivity contribution in [2.75, 3.05) is 26.4 Å². The molecule has 2 N–H and O–H groups in total. The summed E-state index contributed by atoms with van der Waals surface area (Å²) in [5, 5.41) is 7.93. The van der Waals surface area contributed by atoms with E-state index < -0.39 is 23.6 Å². The van der Waals surface area contributed by atoms with E-state index in [0.717, 1.165) is 13.2 Å². The van der Waals surface area contributed by atoms with Crippen molar-refractivity contribution in [1.82, 2.24) is 0 Å². The molecule has 0 heterocycles. The van der Waals surface area contributed by atoms with Crippen molar-refractivity contribution in [1.29, 1.82) is 0 Å². The topological polar surface area (TPSA) is 93.1 Å². The van der Waals surface area contributed by atoms with E-state index in [-0.39, 0.29) is 0 Å². The van der Waals surface area contributed by atoms with Crippen molar-refractivity contribution >= 4 is 10.4 Å². The molecule has 0 rings (SSSR count). The summed E-state index contributed by atoms with van der Waals surface area (Å²) in [6.07, 6.45) is 48.1. The molecule has 45 heavy (non-hydrogen) atoms. The van der Waals surface area contributed by atoms with Gasteiger partial charge in [-0.05, 0) is 64.2 Å². The van der Waals surface area contributed by atoms with Crippen LogP contribution in [0.2, 0.25) is 0 Å². The van der Waals surface area contributed by atoms with Crippen LogP contribution < -0.4 is 0 Å². The second-order valence-corrected chi connectivity index (χ2v) is 13.6. The zero-order chi connectivity index (χ0) is 33.4. The lowest BCUT2D eigenvalue weighted by atomic mass is 10.1. The van der Waals surface area contributed by atoms with Crippen molar-refractivity contribution in [3.8, 4) is 0 Å². The number of hydrogen-bond donors (Lipinski definition) is 2. The summed E-state index contributed by atoms with van der Waals surface area (Å²) in [6, 6.07) is 0. The van der Waals surface area contributed by atoms with Crippen LogP contribution >= 0.6 is 0 Å². The van der Waals surface area contributed by atoms with E-state index in [9.17, 15) is 8.42 Å². The summed E-state index contributed by atoms with van der Waals surface area (Å²) >= 11 is 0. The van der Waals surface area contributed by atoms with Gasteiger partial charge in [0.1, 0.15) is 0 Å². The smallest absolute Gasteiger partial charge is 0.394 e. The molecule has 270 valence electrons. The number of aliphatic hydroxyl groups is 1. The lowest BCUT2D eigenvalue weighted by Crippen LogP contribution is -2.06. The fourth-order valence-electron chi connectivity index (χ4n) is 5.15. The maximum atomic E-state index is 9.61. The van der Waals surface area contributed by atoms with Gasteiger partial charge >= 0.3 is 10.4 Å². The van der Waals surface area contributed by atoms with Crippen molar-refractivity contribution in [3.05, 3.63) is 24.3 Å². The quantitative estimate of drug-likeness (QED) is 0.0399. The number of ether oxygens (including phenoxy) is 1. The van der Waals surface area contributed by atoms with Crippen LogP contribution in [0, 0.1) is 0 Å². The predicted octanol–water partition coefficient (Wildman–Crippen LogP) is 11.9. The third-order valence-corrected chi connectivity index (χ3v) is 8.39. The zero-order valence-corrected chi connectivity index (χ0v) is 30.7. The van der Waals surface area contributed by atoms with Crippen LogP contribution in [0.3, 0.4) is 0 Å². The highest BCUT2D eigenvalue weighted by Gasteiger charge is 2.00. The van der Waals surface area contributed by atoms with Gasteiger partial charge in [0.15, 0.2) is 0 Å². The Hall–Kier alpha value is -0.730. The van der Waals surface area contributed by atoms with Gasteiger partial charge in [-0.2, -0.15) is 8.42 Å². The average molecular weight is 661 g/mol. The van der Waals surface area contributed by atoms with E-state index in [1.807, 2.05) is 0 Å². The molecule has 7 heteroatoms. The SMILES string of the molecule is CCCCCCCC/C=C\CCCCCCCCOCCCCCCCC/C=C\CCCCCCCC.O=S(=O)(O)OCCO. The van der Waals surface area contributed by atoms with Crippen LogP contribution in [0.25, 0.3) is 0 Å². The fourth-order valence-corrected chi connectivity index (χ4v) is 5.43. The van der Waals surface area contributed by atoms with Gasteiger partial charge in [-0.25, -0.2) is 4.18 Å². The number of unbranched alkanes of at least 4 members (excludes halogenated alkanes) is 24. The first-order chi connectivity index (χ1) is 22.0. The van der Waals surface area contributed by atoms with Crippen LogP contribution in [0.4, 0.5) is 0 Å². The Balaban J connectivity index is 0. The molecule has 0 saturated carbocycles. The maximum Gasteiger partial charge on any atom is 0.397 e. The van der Waals surface area contributed by atoms with E-state index >= 15 is 0 Å². The summed E-state index contributed by atoms with van der Waals surface area (Å²) in [5.41, 5.74) is 0. The molecule has 0 aliphatic carbocycles. The Morgan fingerprint density at radius 2 is 0.733 bits per heavy atom. The van der Waals surface area contributed by atoms with E-state index in [2.05, 4.69) is 42.3 Å². The second kappa shape index (κ2) is 41.3. The third-order valence-electron chi connectivity index (χ3n) is 7.92. The lowest BCUT2D eigenvalue weighted by Gasteiger charge is -2.05. The number of aliphatic hydroxyl groups excluding tert-OH is 1. The van der Waals surface area contributed by atoms with E-state index in [0.29, 0.717) is 0 Å². The van der Waals surface area contributed by atoms with Crippen molar-refractivity contribution < 1.29 is 27.0 Å². The molecule has 0 aromatic heterocycles. The highest BCUT2D eigenvalue weighted by Crippen LogP contribution is 2.12. The van der Waals surface area contributed by atoms with Crippen LogP contribution in [-0.4, -0.2) is 44.5 Å². The molecule has 0 aromatic rings. The van der Waals surface area contributed by atoms with E-state index in [1.54, 1.807) is 0 Å². The molecule has 0 aromatic carbocycles. The van der Waals surface area contributed by atoms with Gasteiger partial charge < -0.3 is 9.84 Å². The minimum atomic E-state index is -4.35. The van der Waals surface area contributed by atoms with E-state index in [1.165, 1.54) is 180 Å². The van der Waals surface area contributed by atoms with Gasteiger partial charge in [-0.15, -0.1) is 0 Å². The van der Waals surface area contributed by atoms with Crippen LogP contribution in [0.1, 0.15) is 194 Å². The van der Waals surface area contributed by atoms with Crippen molar-refractivity contribution in [2.24, 2.45) is 0 Å². The van der Waals surface area contributed by atoms with Gasteiger partial charge in [0.2, 0.25) is 0 Å². The molecule has 0 fully saturated rings. The van der Waals surface area contributed by atoms with Crippen LogP contribution in [-0.2, 0) is 19.3 Å². The Labute approximate surface area is 281 Å². The first kappa shape index (κ1) is 46.4. The summed E-state index contributed by atoms with van der Waals surface area (Å²) in [7, 11) is -4.35. The minimum Gasteiger partial charge on any atom is -0.394 e. The van der Waals surface area contributed by atoms with Gasteiger partial charge in [0.05, 0.1) is 13.2 Å². The summed E-state index contributed by atoms with van der Waals surface area (Å²) in [4.78, 5) is 0. The van der Waals surface area contributed by atoms with Crippen molar-refractivity contribution in [3.63, 3.8) is 0 Å². The van der Waals surface area contributed by atoms with E-state index in [4.69, 9.17) is 14.4 Å². The van der Waals surface area contributed by atoms with Gasteiger partial charge in [-0.3, -0.25) is 4.55 Å². The fraction of sp³-hybridized carbons (Fsp3) is 0.895. The molecule has 0 bridgehead atoms. The predicted molar refractivity (Wildman–Crippen MR) is 194 cm³/mol. The molecule has 0 saturated heterocycles. The summed E-state index contributed by atoms with van der Waals surface area (Å²) in [5.74, 6) is 0. The molecule has 0 atom stereocenters. The molecule has 6 nitrogen and oxygen atoms in total. The molecule has 0 aliphatic rings. The Kier molecular flexibility index (Phi) is 42.6. The number of rotatable bonds is 35. The summed E-state index contributed by atoms with van der Waals surface area (Å²) in [6.45, 7) is 5.70. The monoisotopic (exact) mass is 661 g/mol. The molecule has 0 radical (unpaired) electrons. The first-order valence-electron chi connectivity index (χ1n) is 19.1. The number of allylic oxidation sites excluding steroid dienone is 4. The highest BCUT2D eigenvalue weighted by molar-refractivity contribution is 7.80. The Bertz CT molecular complexity index is 652. The average Bonchev–Trinajstić information content (AvgIpc) is 3.02. The third kappa shape index (κ3) is 50.3. The molecule has 0 amide bonds. The first-order valence-corrected chi connectivity index (χ1v) is 20.4. The minimum absolute atomic E-state index is 0.404. The van der Waals surface area contributed by atoms with Crippen LogP contribution in [0.5, 0.6) is 0 Å². The standard InChI is InChI=1S/C36H70O.C2H6O5S/c1-3-5-7-9-11-13-15-17-19-21-23-25-27-29-31-33-35-37-36-34-32-30-28-26-24-22-20-18-16-14-12-10-8-6-4-2;3-1-2-7-8(4,5)6/h17-20H,3-16,21-36H2,1-2H3;3H,1-2H2,(H,4,5,6)/b19-17-,20-18-;. The maximum absolute atomic E-state index is 9.61. The Morgan fingerprint density at radius 3 is 1.00 bits per heavy atom. The molecule has 0 spiro atoms. The molecular formula is C38H76O6S. The lowest BCUT2D eigenvalue weighted by molar-refractivity contribution is 0.125. The number of hydrogen-bond acceptors (Lipinski definition) is 5. The van der Waals surface area contributed by atoms with Gasteiger partial charge in [0.25, 0.3) is 0 Å².